The number of fused-ring (bicyclic) bond motifs is 1. The number of nitrogens with zero attached hydrogens (tertiary/aromatic N) is 8. The third-order valence-corrected chi connectivity index (χ3v) is 4.87. The Balaban J connectivity index is 0.000000350. The summed E-state index contributed by atoms with van der Waals surface area (Å²) in [4.78, 5) is 4.73. The molecule has 0 unspecified atom stereocenters. The van der Waals surface area contributed by atoms with Crippen LogP contribution in [0.1, 0.15) is 35.7 Å². The second-order valence-corrected chi connectivity index (χ2v) is 7.30. The zero-order chi connectivity index (χ0) is 23.4. The molecule has 0 spiro atoms. The van der Waals surface area contributed by atoms with E-state index in [1.54, 1.807) is 40.6 Å². The van der Waals surface area contributed by atoms with Crippen molar-refractivity contribution in [3.63, 3.8) is 0 Å². The third-order valence-electron chi connectivity index (χ3n) is 4.87. The number of hydrogen-bond acceptors (Lipinski definition) is 7. The summed E-state index contributed by atoms with van der Waals surface area (Å²) in [6, 6.07) is 17.7. The van der Waals surface area contributed by atoms with E-state index in [4.69, 9.17) is 10.2 Å². The molecule has 10 heteroatoms. The molecule has 5 aromatic rings. The van der Waals surface area contributed by atoms with Gasteiger partial charge in [0.15, 0.2) is 11.5 Å². The normalized spacial score (nSPS) is 11.1. The predicted octanol–water partition coefficient (Wildman–Crippen LogP) is 3.20. The summed E-state index contributed by atoms with van der Waals surface area (Å²) >= 11 is 0. The molecule has 0 saturated heterocycles. The van der Waals surface area contributed by atoms with Crippen LogP contribution in [-0.2, 0) is 16.5 Å². The van der Waals surface area contributed by atoms with Gasteiger partial charge in [-0.1, -0.05) is 12.3 Å². The molecule has 0 fully saturated rings. The summed E-state index contributed by atoms with van der Waals surface area (Å²) in [7, 11) is 0. The first-order valence-electron chi connectivity index (χ1n) is 10.1. The van der Waals surface area contributed by atoms with Gasteiger partial charge in [0.25, 0.3) is 0 Å². The van der Waals surface area contributed by atoms with Crippen LogP contribution in [0.5, 0.6) is 0 Å². The molecule has 9 nitrogen and oxygen atoms in total. The number of aryl methyl sites for hydroxylation is 2. The molecule has 0 bridgehead atoms. The molecule has 0 amide bonds. The quantitative estimate of drug-likeness (QED) is 0.302. The summed E-state index contributed by atoms with van der Waals surface area (Å²) in [6.07, 6.45) is 5.34. The van der Waals surface area contributed by atoms with Crippen molar-refractivity contribution in [3.05, 3.63) is 89.8 Å². The smallest absolute Gasteiger partial charge is 0.389 e. The molecular weight excluding hydrogens is 475 g/mol. The van der Waals surface area contributed by atoms with E-state index < -0.39 is 6.10 Å². The van der Waals surface area contributed by atoms with Gasteiger partial charge < -0.3 is 5.11 Å². The number of aromatic nitrogens is 7. The summed E-state index contributed by atoms with van der Waals surface area (Å²) < 4.78 is 3.32. The van der Waals surface area contributed by atoms with Crippen LogP contribution in [0.15, 0.2) is 54.9 Å². The van der Waals surface area contributed by atoms with Gasteiger partial charge in [-0.15, -0.1) is 6.20 Å². The third kappa shape index (κ3) is 5.17. The van der Waals surface area contributed by atoms with Crippen molar-refractivity contribution in [3.8, 4) is 23.1 Å². The van der Waals surface area contributed by atoms with Crippen molar-refractivity contribution < 1.29 is 21.6 Å². The van der Waals surface area contributed by atoms with Crippen LogP contribution in [0.4, 0.5) is 0 Å². The number of aliphatic hydroxyl groups excluding tert-OH is 1. The number of pyridine rings is 2. The fraction of sp³-hybridized carbons (Fsp3) is 0.167. The number of nitriles is 1. The van der Waals surface area contributed by atoms with Crippen molar-refractivity contribution in [2.45, 2.75) is 26.9 Å². The number of rotatable bonds is 3. The van der Waals surface area contributed by atoms with Crippen molar-refractivity contribution in [2.24, 2.45) is 0 Å². The molecule has 5 aromatic heterocycles. The molecule has 0 aliphatic heterocycles. The van der Waals surface area contributed by atoms with Crippen molar-refractivity contribution in [2.75, 3.05) is 0 Å². The summed E-state index contributed by atoms with van der Waals surface area (Å²) in [5.41, 5.74) is 5.11. The van der Waals surface area contributed by atoms with E-state index in [0.717, 1.165) is 22.5 Å². The average molecular weight is 495 g/mol. The van der Waals surface area contributed by atoms with E-state index in [9.17, 15) is 5.11 Å². The zero-order valence-electron chi connectivity index (χ0n) is 18.6. The molecular formula is C24H20N8NiO. The van der Waals surface area contributed by atoms with Gasteiger partial charge in [-0.25, -0.2) is 27.9 Å². The van der Waals surface area contributed by atoms with Crippen molar-refractivity contribution >= 4 is 5.52 Å². The Labute approximate surface area is 206 Å². The average Bonchev–Trinajstić information content (AvgIpc) is 3.43. The fourth-order valence-corrected chi connectivity index (χ4v) is 3.26. The minimum Gasteiger partial charge on any atom is -0.389 e. The fourth-order valence-electron chi connectivity index (χ4n) is 3.26. The molecule has 0 saturated carbocycles. The van der Waals surface area contributed by atoms with Crippen molar-refractivity contribution in [1.82, 2.24) is 34.6 Å². The van der Waals surface area contributed by atoms with Crippen LogP contribution in [-0.4, -0.2) is 39.7 Å². The van der Waals surface area contributed by atoms with Gasteiger partial charge in [-0.2, -0.15) is 32.7 Å². The first-order chi connectivity index (χ1) is 16.0. The maximum Gasteiger partial charge on any atom is 2.00 e. The maximum atomic E-state index is 10.1. The van der Waals surface area contributed by atoms with E-state index in [2.05, 4.69) is 32.7 Å². The number of hydrogen-bond donors (Lipinski definition) is 1. The Morgan fingerprint density at radius 1 is 1.15 bits per heavy atom. The molecule has 0 aromatic carbocycles. The molecule has 172 valence electrons. The Hall–Kier alpha value is -3.93. The first kappa shape index (κ1) is 24.7. The van der Waals surface area contributed by atoms with Gasteiger partial charge in [0.1, 0.15) is 6.07 Å². The van der Waals surface area contributed by atoms with Crippen LogP contribution < -0.4 is 0 Å². The number of aliphatic hydroxyl groups is 1. The SMILES string of the molecule is Cc1cc(C#N)nn1-c1nc(-c2cnn3c[c-]ccc23)ccc1[C@@H](C)O.Cc1cc[c-]nn1.[Ni+2]. The Morgan fingerprint density at radius 3 is 2.59 bits per heavy atom. The van der Waals surface area contributed by atoms with E-state index >= 15 is 0 Å². The van der Waals surface area contributed by atoms with Crippen LogP contribution in [0.2, 0.25) is 0 Å². The molecule has 1 atom stereocenters. The van der Waals surface area contributed by atoms with Crippen LogP contribution in [0.3, 0.4) is 0 Å². The topological polar surface area (TPSA) is 118 Å². The first-order valence-corrected chi connectivity index (χ1v) is 10.1. The zero-order valence-corrected chi connectivity index (χ0v) is 19.6. The monoisotopic (exact) mass is 494 g/mol. The molecule has 34 heavy (non-hydrogen) atoms. The molecule has 0 radical (unpaired) electrons. The van der Waals surface area contributed by atoms with Gasteiger partial charge in [0, 0.05) is 16.8 Å². The molecule has 5 rings (SSSR count). The van der Waals surface area contributed by atoms with Crippen molar-refractivity contribution in [1.29, 1.82) is 5.26 Å². The van der Waals surface area contributed by atoms with Crippen LogP contribution >= 0.6 is 0 Å². The van der Waals surface area contributed by atoms with Gasteiger partial charge >= 0.3 is 16.5 Å². The van der Waals surface area contributed by atoms with Crippen LogP contribution in [0, 0.1) is 37.4 Å². The molecule has 1 N–H and O–H groups in total. The minimum absolute atomic E-state index is 0. The summed E-state index contributed by atoms with van der Waals surface area (Å²) in [6.45, 7) is 5.41. The summed E-state index contributed by atoms with van der Waals surface area (Å²) in [5, 5.41) is 35.0. The van der Waals surface area contributed by atoms with Gasteiger partial charge in [-0.05, 0) is 44.1 Å². The predicted molar refractivity (Wildman–Crippen MR) is 120 cm³/mol. The standard InChI is InChI=1S/C19H15N6O.C5H5N2.Ni/c1-12-9-14(10-20)23-25(12)19-15(13(2)26)6-7-17(22-19)16-11-21-24-8-4-3-5-18(16)24;1-5-3-2-4-6-7-5;/h3,5-9,11,13,26H,1-2H3;2-3H,1H3;/q2*-1;+2/t13-;;/m1../s1. The Kier molecular flexibility index (Phi) is 7.85. The largest absolute Gasteiger partial charge is 2.00 e. The molecule has 0 aliphatic rings. The van der Waals surface area contributed by atoms with E-state index in [1.807, 2.05) is 50.2 Å². The second kappa shape index (κ2) is 10.8. The second-order valence-electron chi connectivity index (χ2n) is 7.30. The Bertz CT molecular complexity index is 1440. The molecule has 0 aliphatic carbocycles. The van der Waals surface area contributed by atoms with E-state index in [0.29, 0.717) is 22.8 Å². The van der Waals surface area contributed by atoms with Crippen LogP contribution in [0.25, 0.3) is 22.6 Å². The minimum atomic E-state index is -0.723. The van der Waals surface area contributed by atoms with Gasteiger partial charge in [0.05, 0.1) is 18.0 Å². The van der Waals surface area contributed by atoms with Gasteiger partial charge in [0.2, 0.25) is 0 Å². The maximum absolute atomic E-state index is 10.1. The molecule has 5 heterocycles. The summed E-state index contributed by atoms with van der Waals surface area (Å²) in [5.74, 6) is 0.498. The van der Waals surface area contributed by atoms with Gasteiger partial charge in [-0.3, -0.25) is 9.61 Å². The van der Waals surface area contributed by atoms with E-state index in [1.165, 1.54) is 0 Å². The Morgan fingerprint density at radius 2 is 1.97 bits per heavy atom. The van der Waals surface area contributed by atoms with E-state index in [-0.39, 0.29) is 16.5 Å².